The Morgan fingerprint density at radius 2 is 2.05 bits per heavy atom. The van der Waals surface area contributed by atoms with Gasteiger partial charge in [-0.2, -0.15) is 0 Å². The largest absolute Gasteiger partial charge is 0.481 e. The van der Waals surface area contributed by atoms with Gasteiger partial charge in [-0.25, -0.2) is 0 Å². The fourth-order valence-corrected chi connectivity index (χ4v) is 2.49. The van der Waals surface area contributed by atoms with Crippen molar-refractivity contribution in [3.63, 3.8) is 0 Å². The van der Waals surface area contributed by atoms with Gasteiger partial charge in [0.1, 0.15) is 0 Å². The second-order valence-electron chi connectivity index (χ2n) is 5.13. The molecule has 0 saturated heterocycles. The van der Waals surface area contributed by atoms with Crippen LogP contribution in [0.2, 0.25) is 0 Å². The number of carbonyl (C=O) groups is 2. The van der Waals surface area contributed by atoms with Gasteiger partial charge in [0, 0.05) is 23.1 Å². The molecule has 1 rings (SSSR count). The lowest BCUT2D eigenvalue weighted by Gasteiger charge is -2.24. The minimum Gasteiger partial charge on any atom is -0.481 e. The van der Waals surface area contributed by atoms with Gasteiger partial charge in [-0.3, -0.25) is 9.59 Å². The number of amides is 1. The normalized spacial score (nSPS) is 11.1. The van der Waals surface area contributed by atoms with Crippen molar-refractivity contribution in [1.82, 2.24) is 4.90 Å². The molecule has 1 aromatic carbocycles. The van der Waals surface area contributed by atoms with Gasteiger partial charge in [0.25, 0.3) is 0 Å². The average molecular weight is 354 g/mol. The smallest absolute Gasteiger partial charge is 0.305 e. The lowest BCUT2D eigenvalue weighted by atomic mass is 10.1. The summed E-state index contributed by atoms with van der Waals surface area (Å²) in [6.07, 6.45) is 3.17. The Hall–Kier alpha value is -1.62. The number of halogens is 1. The Morgan fingerprint density at radius 1 is 1.38 bits per heavy atom. The maximum absolute atomic E-state index is 12.2. The minimum atomic E-state index is -0.904. The van der Waals surface area contributed by atoms with E-state index in [0.717, 1.165) is 15.6 Å². The molecule has 0 radical (unpaired) electrons. The molecule has 5 heteroatoms. The number of aliphatic carboxylic acids is 1. The van der Waals surface area contributed by atoms with Crippen LogP contribution in [0.25, 0.3) is 6.08 Å². The van der Waals surface area contributed by atoms with Crippen molar-refractivity contribution < 1.29 is 14.7 Å². The van der Waals surface area contributed by atoms with Crippen molar-refractivity contribution in [3.05, 3.63) is 39.9 Å². The first-order valence-electron chi connectivity index (χ1n) is 6.78. The van der Waals surface area contributed by atoms with E-state index in [1.54, 1.807) is 11.0 Å². The van der Waals surface area contributed by atoms with E-state index in [1.807, 2.05) is 39.0 Å². The molecule has 0 heterocycles. The van der Waals surface area contributed by atoms with E-state index in [1.165, 1.54) is 6.08 Å². The number of nitrogens with zero attached hydrogens (tertiary/aromatic N) is 1. The van der Waals surface area contributed by atoms with Crippen LogP contribution in [0.1, 0.15) is 31.4 Å². The lowest BCUT2D eigenvalue weighted by Crippen LogP contribution is -2.37. The van der Waals surface area contributed by atoms with Crippen LogP contribution in [-0.2, 0) is 9.59 Å². The molecule has 21 heavy (non-hydrogen) atoms. The fourth-order valence-electron chi connectivity index (χ4n) is 1.86. The van der Waals surface area contributed by atoms with Crippen molar-refractivity contribution >= 4 is 33.9 Å². The van der Waals surface area contributed by atoms with E-state index >= 15 is 0 Å². The van der Waals surface area contributed by atoms with Crippen molar-refractivity contribution in [2.24, 2.45) is 0 Å². The number of carboxylic acids is 1. The molecule has 0 bridgehead atoms. The van der Waals surface area contributed by atoms with Crippen LogP contribution in [0, 0.1) is 6.92 Å². The first-order chi connectivity index (χ1) is 9.81. The molecule has 0 spiro atoms. The topological polar surface area (TPSA) is 57.6 Å². The van der Waals surface area contributed by atoms with Gasteiger partial charge >= 0.3 is 5.97 Å². The van der Waals surface area contributed by atoms with Gasteiger partial charge in [0.05, 0.1) is 6.42 Å². The predicted octanol–water partition coefficient (Wildman–Crippen LogP) is 3.48. The number of aryl methyl sites for hydroxylation is 1. The summed E-state index contributed by atoms with van der Waals surface area (Å²) in [4.78, 5) is 24.4. The fraction of sp³-hybridized carbons (Fsp3) is 0.375. The van der Waals surface area contributed by atoms with E-state index < -0.39 is 5.97 Å². The molecule has 0 fully saturated rings. The Labute approximate surface area is 133 Å². The monoisotopic (exact) mass is 353 g/mol. The molecule has 0 unspecified atom stereocenters. The van der Waals surface area contributed by atoms with Gasteiger partial charge < -0.3 is 10.0 Å². The first-order valence-corrected chi connectivity index (χ1v) is 7.57. The van der Waals surface area contributed by atoms with Crippen molar-refractivity contribution in [2.45, 2.75) is 33.2 Å². The molecule has 0 saturated carbocycles. The molecular weight excluding hydrogens is 334 g/mol. The second-order valence-corrected chi connectivity index (χ2v) is 5.98. The number of carbonyl (C=O) groups excluding carboxylic acids is 1. The summed E-state index contributed by atoms with van der Waals surface area (Å²) < 4.78 is 0.924. The van der Waals surface area contributed by atoms with Crippen LogP contribution in [0.4, 0.5) is 0 Å². The van der Waals surface area contributed by atoms with E-state index in [-0.39, 0.29) is 24.9 Å². The molecule has 0 aromatic heterocycles. The van der Waals surface area contributed by atoms with Crippen LogP contribution >= 0.6 is 15.9 Å². The zero-order valence-corrected chi connectivity index (χ0v) is 14.1. The third-order valence-electron chi connectivity index (χ3n) is 3.03. The highest BCUT2D eigenvalue weighted by Gasteiger charge is 2.15. The number of benzene rings is 1. The molecule has 1 N–H and O–H groups in total. The highest BCUT2D eigenvalue weighted by molar-refractivity contribution is 9.10. The summed E-state index contributed by atoms with van der Waals surface area (Å²) in [5, 5.41) is 8.73. The number of rotatable bonds is 6. The van der Waals surface area contributed by atoms with Crippen molar-refractivity contribution in [2.75, 3.05) is 6.54 Å². The molecule has 4 nitrogen and oxygen atoms in total. The summed E-state index contributed by atoms with van der Waals surface area (Å²) in [7, 11) is 0. The molecule has 114 valence electrons. The van der Waals surface area contributed by atoms with Gasteiger partial charge in [0.15, 0.2) is 0 Å². The Bertz CT molecular complexity index is 552. The number of carboxylic acid groups (broad SMARTS) is 1. The van der Waals surface area contributed by atoms with Crippen LogP contribution < -0.4 is 0 Å². The minimum absolute atomic E-state index is 0.0389. The molecule has 0 atom stereocenters. The summed E-state index contributed by atoms with van der Waals surface area (Å²) in [5.41, 5.74) is 2.05. The second kappa shape index (κ2) is 7.98. The zero-order chi connectivity index (χ0) is 16.0. The molecule has 1 amide bonds. The van der Waals surface area contributed by atoms with E-state index in [4.69, 9.17) is 5.11 Å². The zero-order valence-electron chi connectivity index (χ0n) is 12.5. The van der Waals surface area contributed by atoms with Gasteiger partial charge in [0.2, 0.25) is 5.91 Å². The summed E-state index contributed by atoms with van der Waals surface area (Å²) in [6.45, 7) is 5.95. The van der Waals surface area contributed by atoms with Crippen LogP contribution in [0.15, 0.2) is 28.7 Å². The van der Waals surface area contributed by atoms with E-state index in [2.05, 4.69) is 15.9 Å². The van der Waals surface area contributed by atoms with E-state index in [9.17, 15) is 9.59 Å². The van der Waals surface area contributed by atoms with E-state index in [0.29, 0.717) is 0 Å². The van der Waals surface area contributed by atoms with Crippen molar-refractivity contribution in [1.29, 1.82) is 0 Å². The third kappa shape index (κ3) is 5.71. The Morgan fingerprint density at radius 3 is 2.57 bits per heavy atom. The Kier molecular flexibility index (Phi) is 6.62. The molecular formula is C16H20BrNO3. The van der Waals surface area contributed by atoms with Gasteiger partial charge in [-0.15, -0.1) is 0 Å². The third-order valence-corrected chi connectivity index (χ3v) is 3.72. The van der Waals surface area contributed by atoms with Gasteiger partial charge in [-0.05, 0) is 44.0 Å². The Balaban J connectivity index is 2.80. The van der Waals surface area contributed by atoms with Crippen LogP contribution in [-0.4, -0.2) is 34.5 Å². The van der Waals surface area contributed by atoms with Crippen molar-refractivity contribution in [3.8, 4) is 0 Å². The molecule has 0 aliphatic rings. The quantitative estimate of drug-likeness (QED) is 0.796. The van der Waals surface area contributed by atoms with Crippen LogP contribution in [0.5, 0.6) is 0 Å². The number of hydrogen-bond acceptors (Lipinski definition) is 2. The predicted molar refractivity (Wildman–Crippen MR) is 87.0 cm³/mol. The summed E-state index contributed by atoms with van der Waals surface area (Å²) in [6, 6.07) is 5.84. The standard InChI is InChI=1S/C16H20BrNO3/c1-11(2)18(9-8-16(20)21)15(19)7-6-13-5-4-12(3)10-14(13)17/h4-7,10-11H,8-9H2,1-3H3,(H,20,21)/b7-6+. The summed E-state index contributed by atoms with van der Waals surface area (Å²) in [5.74, 6) is -1.09. The maximum atomic E-state index is 12.2. The lowest BCUT2D eigenvalue weighted by molar-refractivity contribution is -0.138. The SMILES string of the molecule is Cc1ccc(/C=C/C(=O)N(CCC(=O)O)C(C)C)c(Br)c1. The maximum Gasteiger partial charge on any atom is 0.305 e. The number of hydrogen-bond donors (Lipinski definition) is 1. The first kappa shape index (κ1) is 17.4. The van der Waals surface area contributed by atoms with Crippen LogP contribution in [0.3, 0.4) is 0 Å². The highest BCUT2D eigenvalue weighted by Crippen LogP contribution is 2.19. The summed E-state index contributed by atoms with van der Waals surface area (Å²) >= 11 is 3.46. The molecule has 0 aliphatic carbocycles. The average Bonchev–Trinajstić information content (AvgIpc) is 2.37. The highest BCUT2D eigenvalue weighted by atomic mass is 79.9. The molecule has 0 aliphatic heterocycles. The molecule has 1 aromatic rings. The van der Waals surface area contributed by atoms with Gasteiger partial charge in [-0.1, -0.05) is 28.1 Å².